The molecule has 6 nitrogen and oxygen atoms in total. The highest BCUT2D eigenvalue weighted by molar-refractivity contribution is 5.88. The van der Waals surface area contributed by atoms with Gasteiger partial charge in [-0.15, -0.1) is 0 Å². The van der Waals surface area contributed by atoms with Crippen molar-refractivity contribution in [2.75, 3.05) is 35.0 Å². The second-order valence-corrected chi connectivity index (χ2v) is 5.84. The van der Waals surface area contributed by atoms with Crippen LogP contribution in [0.1, 0.15) is 30.5 Å². The largest absolute Gasteiger partial charge is 0.493 e. The normalized spacial score (nSPS) is 17.0. The first-order valence-electron chi connectivity index (χ1n) is 8.33. The van der Waals surface area contributed by atoms with E-state index < -0.39 is 6.29 Å². The van der Waals surface area contributed by atoms with E-state index in [1.807, 2.05) is 24.0 Å². The zero-order valence-electron chi connectivity index (χ0n) is 15.6. The van der Waals surface area contributed by atoms with E-state index in [4.69, 9.17) is 18.9 Å². The van der Waals surface area contributed by atoms with Gasteiger partial charge in [-0.25, -0.2) is 0 Å². The SMILES string of the molecule is C/C=C/C(=O)N1CCc2cc(OC)c(OC)cc2C1CC(OC)OC. The fraction of sp³-hybridized carbons (Fsp3) is 0.526. The van der Waals surface area contributed by atoms with Gasteiger partial charge >= 0.3 is 0 Å². The van der Waals surface area contributed by atoms with Crippen molar-refractivity contribution >= 4 is 5.91 Å². The number of hydrogen-bond donors (Lipinski definition) is 0. The second-order valence-electron chi connectivity index (χ2n) is 5.84. The van der Waals surface area contributed by atoms with Gasteiger partial charge in [0.05, 0.1) is 20.3 Å². The van der Waals surface area contributed by atoms with Crippen molar-refractivity contribution in [3.63, 3.8) is 0 Å². The number of hydrogen-bond acceptors (Lipinski definition) is 5. The Morgan fingerprint density at radius 3 is 2.40 bits per heavy atom. The van der Waals surface area contributed by atoms with E-state index in [0.717, 1.165) is 17.5 Å². The zero-order valence-corrected chi connectivity index (χ0v) is 15.6. The van der Waals surface area contributed by atoms with Gasteiger partial charge in [0.2, 0.25) is 5.91 Å². The second kappa shape index (κ2) is 8.87. The molecule has 1 aromatic carbocycles. The maximum Gasteiger partial charge on any atom is 0.246 e. The minimum atomic E-state index is -0.398. The van der Waals surface area contributed by atoms with E-state index >= 15 is 0 Å². The molecule has 0 spiro atoms. The molecule has 1 aromatic rings. The molecular weight excluding hydrogens is 322 g/mol. The van der Waals surface area contributed by atoms with E-state index in [1.54, 1.807) is 40.6 Å². The molecule has 0 aromatic heterocycles. The van der Waals surface area contributed by atoms with Gasteiger partial charge in [-0.3, -0.25) is 4.79 Å². The summed E-state index contributed by atoms with van der Waals surface area (Å²) in [6.07, 6.45) is 4.25. The molecule has 1 amide bonds. The number of nitrogens with zero attached hydrogens (tertiary/aromatic N) is 1. The van der Waals surface area contributed by atoms with Crippen LogP contribution in [0.3, 0.4) is 0 Å². The topological polar surface area (TPSA) is 57.2 Å². The number of carbonyl (C=O) groups excluding carboxylic acids is 1. The lowest BCUT2D eigenvalue weighted by molar-refractivity contribution is -0.137. The number of ether oxygens (including phenoxy) is 4. The summed E-state index contributed by atoms with van der Waals surface area (Å²) in [5.41, 5.74) is 2.19. The number of fused-ring (bicyclic) bond motifs is 1. The van der Waals surface area contributed by atoms with Gasteiger partial charge in [0.25, 0.3) is 0 Å². The van der Waals surface area contributed by atoms with Crippen LogP contribution < -0.4 is 9.47 Å². The summed E-state index contributed by atoms with van der Waals surface area (Å²) in [7, 11) is 6.44. The van der Waals surface area contributed by atoms with Crippen molar-refractivity contribution in [3.8, 4) is 11.5 Å². The Kier molecular flexibility index (Phi) is 6.84. The maximum absolute atomic E-state index is 12.6. The summed E-state index contributed by atoms with van der Waals surface area (Å²) < 4.78 is 21.6. The number of carbonyl (C=O) groups is 1. The van der Waals surface area contributed by atoms with Gasteiger partial charge in [0.15, 0.2) is 17.8 Å². The van der Waals surface area contributed by atoms with Crippen LogP contribution in [0.5, 0.6) is 11.5 Å². The number of benzene rings is 1. The van der Waals surface area contributed by atoms with Crippen LogP contribution in [-0.2, 0) is 20.7 Å². The highest BCUT2D eigenvalue weighted by Gasteiger charge is 2.33. The Labute approximate surface area is 149 Å². The molecule has 25 heavy (non-hydrogen) atoms. The van der Waals surface area contributed by atoms with Gasteiger partial charge in [0, 0.05) is 27.2 Å². The van der Waals surface area contributed by atoms with E-state index in [-0.39, 0.29) is 11.9 Å². The van der Waals surface area contributed by atoms with Crippen LogP contribution in [0.4, 0.5) is 0 Å². The highest BCUT2D eigenvalue weighted by atomic mass is 16.7. The van der Waals surface area contributed by atoms with Crippen molar-refractivity contribution in [3.05, 3.63) is 35.4 Å². The minimum absolute atomic E-state index is 0.0149. The fourth-order valence-corrected chi connectivity index (χ4v) is 3.26. The van der Waals surface area contributed by atoms with E-state index in [1.165, 1.54) is 0 Å². The van der Waals surface area contributed by atoms with E-state index in [9.17, 15) is 4.79 Å². The molecule has 0 N–H and O–H groups in total. The lowest BCUT2D eigenvalue weighted by Crippen LogP contribution is -2.41. The molecule has 1 aliphatic rings. The molecule has 2 rings (SSSR count). The molecule has 1 heterocycles. The van der Waals surface area contributed by atoms with Crippen molar-refractivity contribution in [1.82, 2.24) is 4.90 Å². The Hall–Kier alpha value is -2.05. The third-order valence-corrected chi connectivity index (χ3v) is 4.54. The van der Waals surface area contributed by atoms with Gasteiger partial charge in [-0.1, -0.05) is 6.08 Å². The van der Waals surface area contributed by atoms with Crippen molar-refractivity contribution < 1.29 is 23.7 Å². The summed E-state index contributed by atoms with van der Waals surface area (Å²) in [6.45, 7) is 2.47. The Morgan fingerprint density at radius 1 is 1.20 bits per heavy atom. The fourth-order valence-electron chi connectivity index (χ4n) is 3.26. The molecule has 0 radical (unpaired) electrons. The van der Waals surface area contributed by atoms with Crippen LogP contribution in [0.15, 0.2) is 24.3 Å². The Balaban J connectivity index is 2.47. The van der Waals surface area contributed by atoms with Crippen LogP contribution in [0, 0.1) is 0 Å². The van der Waals surface area contributed by atoms with Gasteiger partial charge < -0.3 is 23.8 Å². The van der Waals surface area contributed by atoms with E-state index in [0.29, 0.717) is 24.5 Å². The summed E-state index contributed by atoms with van der Waals surface area (Å²) in [5.74, 6) is 1.33. The molecule has 0 aliphatic carbocycles. The molecule has 0 saturated heterocycles. The summed E-state index contributed by atoms with van der Waals surface area (Å²) >= 11 is 0. The third kappa shape index (κ3) is 4.14. The van der Waals surface area contributed by atoms with Crippen molar-refractivity contribution in [2.24, 2.45) is 0 Å². The molecule has 0 saturated carbocycles. The monoisotopic (exact) mass is 349 g/mol. The molecule has 1 unspecified atom stereocenters. The molecular formula is C19H27NO5. The number of allylic oxidation sites excluding steroid dienone is 1. The quantitative estimate of drug-likeness (QED) is 0.560. The Bertz CT molecular complexity index is 624. The summed E-state index contributed by atoms with van der Waals surface area (Å²) in [4.78, 5) is 14.4. The van der Waals surface area contributed by atoms with Crippen LogP contribution in [-0.4, -0.2) is 52.1 Å². The number of methoxy groups -OCH3 is 4. The first-order valence-corrected chi connectivity index (χ1v) is 8.33. The predicted molar refractivity (Wildman–Crippen MR) is 94.9 cm³/mol. The molecule has 138 valence electrons. The summed E-state index contributed by atoms with van der Waals surface area (Å²) in [6, 6.07) is 3.79. The third-order valence-electron chi connectivity index (χ3n) is 4.54. The lowest BCUT2D eigenvalue weighted by atomic mass is 9.89. The van der Waals surface area contributed by atoms with Crippen molar-refractivity contribution in [2.45, 2.75) is 32.1 Å². The molecule has 6 heteroatoms. The van der Waals surface area contributed by atoms with Gasteiger partial charge in [0.1, 0.15) is 0 Å². The number of rotatable bonds is 7. The van der Waals surface area contributed by atoms with Crippen LogP contribution in [0.2, 0.25) is 0 Å². The highest BCUT2D eigenvalue weighted by Crippen LogP contribution is 2.40. The molecule has 1 atom stereocenters. The number of amides is 1. The van der Waals surface area contributed by atoms with Crippen molar-refractivity contribution in [1.29, 1.82) is 0 Å². The molecule has 1 aliphatic heterocycles. The molecule has 0 fully saturated rings. The smallest absolute Gasteiger partial charge is 0.246 e. The average molecular weight is 349 g/mol. The molecule has 0 bridgehead atoms. The predicted octanol–water partition coefficient (Wildman–Crippen LogP) is 2.71. The van der Waals surface area contributed by atoms with Gasteiger partial charge in [-0.2, -0.15) is 0 Å². The zero-order chi connectivity index (χ0) is 18.4. The summed E-state index contributed by atoms with van der Waals surface area (Å²) in [5, 5.41) is 0. The standard InChI is InChI=1S/C19H27NO5/c1-6-7-18(21)20-9-8-13-10-16(22-2)17(23-3)11-14(13)15(20)12-19(24-4)25-5/h6-7,10-11,15,19H,8-9,12H2,1-5H3/b7-6+. The first kappa shape index (κ1) is 19.3. The van der Waals surface area contributed by atoms with Gasteiger partial charge in [-0.05, 0) is 42.7 Å². The Morgan fingerprint density at radius 2 is 1.84 bits per heavy atom. The van der Waals surface area contributed by atoms with E-state index in [2.05, 4.69) is 0 Å². The first-order chi connectivity index (χ1) is 12.1. The maximum atomic E-state index is 12.6. The average Bonchev–Trinajstić information content (AvgIpc) is 2.64. The lowest BCUT2D eigenvalue weighted by Gasteiger charge is -2.38. The van der Waals surface area contributed by atoms with Crippen LogP contribution in [0.25, 0.3) is 0 Å². The minimum Gasteiger partial charge on any atom is -0.493 e. The van der Waals surface area contributed by atoms with Crippen LogP contribution >= 0.6 is 0 Å².